The number of benzene rings is 2. The van der Waals surface area contributed by atoms with Gasteiger partial charge in [-0.1, -0.05) is 83.4 Å². The number of amides is 1. The van der Waals surface area contributed by atoms with E-state index in [2.05, 4.69) is 68.2 Å². The monoisotopic (exact) mass is 465 g/mol. The van der Waals surface area contributed by atoms with Crippen LogP contribution >= 0.6 is 34.9 Å². The van der Waals surface area contributed by atoms with Crippen LogP contribution in [-0.4, -0.2) is 32.6 Å². The maximum Gasteiger partial charge on any atom is 0.250 e. The van der Waals surface area contributed by atoms with Gasteiger partial charge in [-0.15, -0.1) is 10.2 Å². The van der Waals surface area contributed by atoms with Crippen molar-refractivity contribution >= 4 is 57.3 Å². The largest absolute Gasteiger partial charge is 0.272 e. The first-order chi connectivity index (χ1) is 15.2. The van der Waals surface area contributed by atoms with E-state index in [9.17, 15) is 4.79 Å². The zero-order chi connectivity index (χ0) is 21.5. The van der Waals surface area contributed by atoms with Gasteiger partial charge in [-0.3, -0.25) is 9.78 Å². The van der Waals surface area contributed by atoms with Crippen molar-refractivity contribution in [2.24, 2.45) is 5.10 Å². The van der Waals surface area contributed by atoms with Gasteiger partial charge in [0.15, 0.2) is 8.68 Å². The maximum absolute atomic E-state index is 12.1. The average molecular weight is 466 g/mol. The summed E-state index contributed by atoms with van der Waals surface area (Å²) in [6, 6.07) is 18.4. The van der Waals surface area contributed by atoms with Crippen LogP contribution in [0.25, 0.3) is 10.8 Å². The normalized spacial score (nSPS) is 11.6. The predicted octanol–water partition coefficient (Wildman–Crippen LogP) is 5.01. The van der Waals surface area contributed by atoms with Gasteiger partial charge < -0.3 is 0 Å². The number of thioether (sulfide) groups is 2. The van der Waals surface area contributed by atoms with Gasteiger partial charge in [-0.25, -0.2) is 5.43 Å². The van der Waals surface area contributed by atoms with Crippen molar-refractivity contribution in [1.82, 2.24) is 20.6 Å². The molecular weight excluding hydrogens is 446 g/mol. The molecule has 4 aromatic rings. The summed E-state index contributed by atoms with van der Waals surface area (Å²) in [4.78, 5) is 16.1. The van der Waals surface area contributed by atoms with Gasteiger partial charge in [-0.05, 0) is 29.3 Å². The Morgan fingerprint density at radius 3 is 2.68 bits per heavy atom. The van der Waals surface area contributed by atoms with Gasteiger partial charge in [0.25, 0.3) is 5.91 Å². The fourth-order valence-electron chi connectivity index (χ4n) is 2.82. The molecule has 2 heterocycles. The summed E-state index contributed by atoms with van der Waals surface area (Å²) in [5.41, 5.74) is 5.42. The Bertz CT molecular complexity index is 1200. The molecule has 9 heteroatoms. The first-order valence-corrected chi connectivity index (χ1v) is 12.3. The fraction of sp³-hybridized carbons (Fsp3) is 0.136. The third kappa shape index (κ3) is 5.90. The lowest BCUT2D eigenvalue weighted by Crippen LogP contribution is -2.21. The Morgan fingerprint density at radius 1 is 1.03 bits per heavy atom. The molecule has 0 aliphatic heterocycles. The van der Waals surface area contributed by atoms with Crippen molar-refractivity contribution in [3.05, 3.63) is 78.1 Å². The van der Waals surface area contributed by atoms with Gasteiger partial charge in [-0.2, -0.15) is 5.10 Å². The van der Waals surface area contributed by atoms with E-state index in [4.69, 9.17) is 0 Å². The smallest absolute Gasteiger partial charge is 0.250 e. The number of carbonyl (C=O) groups excluding carboxylic acids is 1. The summed E-state index contributed by atoms with van der Waals surface area (Å²) in [5.74, 6) is 0.865. The van der Waals surface area contributed by atoms with Crippen molar-refractivity contribution in [3.63, 3.8) is 0 Å². The van der Waals surface area contributed by atoms with E-state index in [1.165, 1.54) is 39.4 Å². The van der Waals surface area contributed by atoms with Gasteiger partial charge >= 0.3 is 0 Å². The number of pyridine rings is 1. The first kappa shape index (κ1) is 21.5. The number of hydrazone groups is 1. The molecule has 0 saturated carbocycles. The van der Waals surface area contributed by atoms with E-state index in [-0.39, 0.29) is 11.7 Å². The first-order valence-electron chi connectivity index (χ1n) is 9.48. The molecule has 6 nitrogen and oxygen atoms in total. The quantitative estimate of drug-likeness (QED) is 0.224. The molecular formula is C22H19N5OS3. The molecule has 0 saturated heterocycles. The molecule has 0 bridgehead atoms. The van der Waals surface area contributed by atoms with Crippen molar-refractivity contribution in [2.75, 3.05) is 5.75 Å². The Balaban J connectivity index is 1.27. The summed E-state index contributed by atoms with van der Waals surface area (Å²) >= 11 is 4.52. The van der Waals surface area contributed by atoms with E-state index >= 15 is 0 Å². The molecule has 0 aliphatic carbocycles. The van der Waals surface area contributed by atoms with Crippen LogP contribution < -0.4 is 5.43 Å². The van der Waals surface area contributed by atoms with Crippen molar-refractivity contribution in [2.45, 2.75) is 21.4 Å². The van der Waals surface area contributed by atoms with Crippen LogP contribution in [0.4, 0.5) is 0 Å². The highest BCUT2D eigenvalue weighted by Crippen LogP contribution is 2.32. The Morgan fingerprint density at radius 2 is 1.84 bits per heavy atom. The van der Waals surface area contributed by atoms with Crippen LogP contribution in [0.2, 0.25) is 0 Å². The zero-order valence-corrected chi connectivity index (χ0v) is 19.1. The summed E-state index contributed by atoms with van der Waals surface area (Å²) < 4.78 is 1.66. The average Bonchev–Trinajstić information content (AvgIpc) is 3.28. The van der Waals surface area contributed by atoms with E-state index in [0.29, 0.717) is 5.71 Å². The molecule has 2 aromatic carbocycles. The highest BCUT2D eigenvalue weighted by atomic mass is 32.2. The SMILES string of the molecule is C/C(=N\NC(=O)CSc1nnc(SCc2cccc3ccccc23)s1)c1cccnc1. The second-order valence-corrected chi connectivity index (χ2v) is 9.95. The highest BCUT2D eigenvalue weighted by Gasteiger charge is 2.10. The van der Waals surface area contributed by atoms with E-state index < -0.39 is 0 Å². The number of carbonyl (C=O) groups is 1. The van der Waals surface area contributed by atoms with Crippen LogP contribution in [0.3, 0.4) is 0 Å². The van der Waals surface area contributed by atoms with Gasteiger partial charge in [0.2, 0.25) is 0 Å². The third-order valence-electron chi connectivity index (χ3n) is 4.37. The van der Waals surface area contributed by atoms with Gasteiger partial charge in [0.05, 0.1) is 11.5 Å². The lowest BCUT2D eigenvalue weighted by Gasteiger charge is -2.04. The summed E-state index contributed by atoms with van der Waals surface area (Å²) in [6.45, 7) is 1.83. The van der Waals surface area contributed by atoms with Crippen molar-refractivity contribution in [3.8, 4) is 0 Å². The van der Waals surface area contributed by atoms with Crippen LogP contribution in [0, 0.1) is 0 Å². The maximum atomic E-state index is 12.1. The highest BCUT2D eigenvalue weighted by molar-refractivity contribution is 8.03. The van der Waals surface area contributed by atoms with Crippen molar-refractivity contribution in [1.29, 1.82) is 0 Å². The molecule has 31 heavy (non-hydrogen) atoms. The minimum atomic E-state index is -0.187. The number of aromatic nitrogens is 3. The number of nitrogens with zero attached hydrogens (tertiary/aromatic N) is 4. The standard InChI is InChI=1S/C22H19N5OS3/c1-15(17-9-5-11-23-12-17)24-25-20(28)14-30-22-27-26-21(31-22)29-13-18-8-4-7-16-6-2-3-10-19(16)18/h2-12H,13-14H2,1H3,(H,25,28)/b24-15+. The predicted molar refractivity (Wildman–Crippen MR) is 129 cm³/mol. The third-order valence-corrected chi connectivity index (χ3v) is 7.61. The molecule has 0 fully saturated rings. The zero-order valence-electron chi connectivity index (χ0n) is 16.7. The summed E-state index contributed by atoms with van der Waals surface area (Å²) in [6.07, 6.45) is 3.40. The Kier molecular flexibility index (Phi) is 7.29. The lowest BCUT2D eigenvalue weighted by molar-refractivity contribution is -0.118. The number of nitrogens with one attached hydrogen (secondary N) is 1. The molecule has 0 spiro atoms. The van der Waals surface area contributed by atoms with Crippen LogP contribution in [0.5, 0.6) is 0 Å². The molecule has 0 atom stereocenters. The molecule has 1 amide bonds. The van der Waals surface area contributed by atoms with Gasteiger partial charge in [0, 0.05) is 23.7 Å². The minimum absolute atomic E-state index is 0.187. The number of rotatable bonds is 8. The molecule has 2 aromatic heterocycles. The van der Waals surface area contributed by atoms with Crippen molar-refractivity contribution < 1.29 is 4.79 Å². The van der Waals surface area contributed by atoms with Crippen LogP contribution in [0.15, 0.2) is 80.8 Å². The number of fused-ring (bicyclic) bond motifs is 1. The molecule has 1 N–H and O–H groups in total. The van der Waals surface area contributed by atoms with Crippen LogP contribution in [0.1, 0.15) is 18.1 Å². The summed E-state index contributed by atoms with van der Waals surface area (Å²) in [5, 5.41) is 15.1. The Hall–Kier alpha value is -2.75. The topological polar surface area (TPSA) is 80.1 Å². The van der Waals surface area contributed by atoms with Crippen LogP contribution in [-0.2, 0) is 10.5 Å². The second-order valence-electron chi connectivity index (χ2n) is 6.52. The van der Waals surface area contributed by atoms with E-state index in [0.717, 1.165) is 20.0 Å². The fourth-order valence-corrected chi connectivity index (χ4v) is 5.64. The molecule has 0 radical (unpaired) electrons. The number of hydrogen-bond acceptors (Lipinski definition) is 8. The lowest BCUT2D eigenvalue weighted by atomic mass is 10.1. The minimum Gasteiger partial charge on any atom is -0.272 e. The van der Waals surface area contributed by atoms with Gasteiger partial charge in [0.1, 0.15) is 0 Å². The molecule has 156 valence electrons. The molecule has 0 aliphatic rings. The number of hydrogen-bond donors (Lipinski definition) is 1. The summed E-state index contributed by atoms with van der Waals surface area (Å²) in [7, 11) is 0. The van der Waals surface area contributed by atoms with E-state index in [1.807, 2.05) is 19.1 Å². The second kappa shape index (κ2) is 10.5. The Labute approximate surface area is 192 Å². The molecule has 4 rings (SSSR count). The molecule has 0 unspecified atom stereocenters. The van der Waals surface area contributed by atoms with E-state index in [1.54, 1.807) is 24.2 Å².